The van der Waals surface area contributed by atoms with Crippen LogP contribution in [0.15, 0.2) is 12.2 Å². The Hall–Kier alpha value is -0.790. The van der Waals surface area contributed by atoms with Gasteiger partial charge in [-0.3, -0.25) is 0 Å². The van der Waals surface area contributed by atoms with Gasteiger partial charge in [-0.15, -0.1) is 0 Å². The first-order chi connectivity index (χ1) is 6.45. The number of aliphatic carboxylic acids is 1. The first-order valence-electron chi connectivity index (χ1n) is 5.34. The van der Waals surface area contributed by atoms with E-state index in [1.807, 2.05) is 0 Å². The van der Waals surface area contributed by atoms with Crippen LogP contribution in [0.25, 0.3) is 0 Å². The van der Waals surface area contributed by atoms with Gasteiger partial charge in [0, 0.05) is 5.57 Å². The summed E-state index contributed by atoms with van der Waals surface area (Å²) in [7, 11) is 0. The largest absolute Gasteiger partial charge is 0.478 e. The molecule has 1 fully saturated rings. The fourth-order valence-corrected chi connectivity index (χ4v) is 1.62. The molecule has 1 aliphatic rings. The highest BCUT2D eigenvalue weighted by Gasteiger charge is 2.17. The molecule has 0 atom stereocenters. The molecule has 0 bridgehead atoms. The highest BCUT2D eigenvalue weighted by atomic mass is 16.4. The van der Waals surface area contributed by atoms with Crippen LogP contribution in [0, 0.1) is 11.8 Å². The van der Waals surface area contributed by atoms with E-state index < -0.39 is 5.97 Å². The lowest BCUT2D eigenvalue weighted by Gasteiger charge is -2.11. The maximum absolute atomic E-state index is 9.60. The molecule has 0 aromatic rings. The van der Waals surface area contributed by atoms with E-state index in [1.165, 1.54) is 32.6 Å². The third kappa shape index (κ3) is 5.79. The smallest absolute Gasteiger partial charge is 0.330 e. The van der Waals surface area contributed by atoms with Crippen molar-refractivity contribution in [2.45, 2.75) is 46.5 Å². The summed E-state index contributed by atoms with van der Waals surface area (Å²) in [4.78, 5) is 9.60. The molecule has 0 aliphatic heterocycles. The van der Waals surface area contributed by atoms with Crippen LogP contribution in [0.5, 0.6) is 0 Å². The van der Waals surface area contributed by atoms with Crippen molar-refractivity contribution in [2.24, 2.45) is 11.8 Å². The molecule has 0 heterocycles. The number of hydrogen-bond acceptors (Lipinski definition) is 1. The summed E-state index contributed by atoms with van der Waals surface area (Å²) in [5.41, 5.74) is 0.176. The Morgan fingerprint density at radius 2 is 1.71 bits per heavy atom. The van der Waals surface area contributed by atoms with Crippen molar-refractivity contribution in [3.63, 3.8) is 0 Å². The van der Waals surface area contributed by atoms with Crippen molar-refractivity contribution >= 4 is 5.97 Å². The average molecular weight is 198 g/mol. The fourth-order valence-electron chi connectivity index (χ4n) is 1.62. The molecule has 0 aromatic heterocycles. The Bertz CT molecular complexity index is 176. The molecule has 82 valence electrons. The van der Waals surface area contributed by atoms with Crippen molar-refractivity contribution in [3.8, 4) is 0 Å². The molecule has 0 saturated heterocycles. The third-order valence-electron chi connectivity index (χ3n) is 2.71. The lowest BCUT2D eigenvalue weighted by atomic mass is 9.95. The van der Waals surface area contributed by atoms with Crippen molar-refractivity contribution in [3.05, 3.63) is 12.2 Å². The summed E-state index contributed by atoms with van der Waals surface area (Å²) in [6.07, 6.45) is 5.97. The van der Waals surface area contributed by atoms with Crippen LogP contribution in [-0.2, 0) is 4.79 Å². The molecule has 0 amide bonds. The van der Waals surface area contributed by atoms with Crippen molar-refractivity contribution < 1.29 is 9.90 Å². The molecule has 0 radical (unpaired) electrons. The molecule has 0 unspecified atom stereocenters. The van der Waals surface area contributed by atoms with Gasteiger partial charge in [-0.05, 0) is 18.8 Å². The number of hydrogen-bond donors (Lipinski definition) is 1. The Morgan fingerprint density at radius 3 is 1.86 bits per heavy atom. The summed E-state index contributed by atoms with van der Waals surface area (Å²) >= 11 is 0. The van der Waals surface area contributed by atoms with Gasteiger partial charge in [0.2, 0.25) is 0 Å². The van der Waals surface area contributed by atoms with Gasteiger partial charge < -0.3 is 5.11 Å². The summed E-state index contributed by atoms with van der Waals surface area (Å²) in [5, 5.41) is 7.89. The van der Waals surface area contributed by atoms with E-state index in [-0.39, 0.29) is 5.57 Å². The summed E-state index contributed by atoms with van der Waals surface area (Å²) < 4.78 is 0. The number of rotatable bonds is 2. The molecular formula is C12H22O2. The number of carbonyl (C=O) groups is 1. The van der Waals surface area contributed by atoms with Gasteiger partial charge in [-0.1, -0.05) is 46.1 Å². The second-order valence-corrected chi connectivity index (χ2v) is 4.37. The van der Waals surface area contributed by atoms with Crippen molar-refractivity contribution in [2.75, 3.05) is 0 Å². The van der Waals surface area contributed by atoms with Gasteiger partial charge in [-0.2, -0.15) is 0 Å². The minimum Gasteiger partial charge on any atom is -0.478 e. The number of carboxylic acid groups (broad SMARTS) is 1. The quantitative estimate of drug-likeness (QED) is 0.690. The lowest BCUT2D eigenvalue weighted by molar-refractivity contribution is -0.132. The monoisotopic (exact) mass is 198 g/mol. The zero-order valence-electron chi connectivity index (χ0n) is 9.55. The van der Waals surface area contributed by atoms with Gasteiger partial charge in [0.05, 0.1) is 0 Å². The Morgan fingerprint density at radius 1 is 1.36 bits per heavy atom. The molecule has 2 heteroatoms. The highest BCUT2D eigenvalue weighted by molar-refractivity contribution is 5.84. The molecule has 2 nitrogen and oxygen atoms in total. The molecule has 14 heavy (non-hydrogen) atoms. The van der Waals surface area contributed by atoms with Crippen LogP contribution in [0.4, 0.5) is 0 Å². The predicted molar refractivity (Wildman–Crippen MR) is 59.2 cm³/mol. The van der Waals surface area contributed by atoms with Crippen LogP contribution in [0.2, 0.25) is 0 Å². The predicted octanol–water partition coefficient (Wildman–Crippen LogP) is 3.48. The van der Waals surface area contributed by atoms with E-state index in [0.717, 1.165) is 11.8 Å². The van der Waals surface area contributed by atoms with Crippen LogP contribution in [0.3, 0.4) is 0 Å². The first-order valence-corrected chi connectivity index (χ1v) is 5.34. The van der Waals surface area contributed by atoms with Crippen LogP contribution in [-0.4, -0.2) is 11.1 Å². The highest BCUT2D eigenvalue weighted by Crippen LogP contribution is 2.30. The average Bonchev–Trinajstić information content (AvgIpc) is 2.56. The van der Waals surface area contributed by atoms with Crippen LogP contribution < -0.4 is 0 Å². The SMILES string of the molecule is C=C(C)C(=O)O.CC(C)C1CCCC1. The van der Waals surface area contributed by atoms with E-state index in [1.54, 1.807) is 0 Å². The zero-order valence-corrected chi connectivity index (χ0v) is 9.55. The van der Waals surface area contributed by atoms with Gasteiger partial charge >= 0.3 is 5.97 Å². The third-order valence-corrected chi connectivity index (χ3v) is 2.71. The second-order valence-electron chi connectivity index (χ2n) is 4.37. The number of carboxylic acids is 1. The summed E-state index contributed by atoms with van der Waals surface area (Å²) in [6, 6.07) is 0. The van der Waals surface area contributed by atoms with Crippen LogP contribution >= 0.6 is 0 Å². The normalized spacial score (nSPS) is 16.3. The second kappa shape index (κ2) is 6.63. The van der Waals surface area contributed by atoms with E-state index in [4.69, 9.17) is 5.11 Å². The van der Waals surface area contributed by atoms with Gasteiger partial charge in [0.25, 0.3) is 0 Å². The molecular weight excluding hydrogens is 176 g/mol. The van der Waals surface area contributed by atoms with E-state index >= 15 is 0 Å². The van der Waals surface area contributed by atoms with E-state index in [9.17, 15) is 4.79 Å². The Balaban J connectivity index is 0.000000255. The first kappa shape index (κ1) is 13.2. The van der Waals surface area contributed by atoms with Gasteiger partial charge in [-0.25, -0.2) is 4.79 Å². The summed E-state index contributed by atoms with van der Waals surface area (Å²) in [6.45, 7) is 9.29. The molecule has 1 saturated carbocycles. The fraction of sp³-hybridized carbons (Fsp3) is 0.750. The molecule has 1 rings (SSSR count). The van der Waals surface area contributed by atoms with E-state index in [0.29, 0.717) is 0 Å². The molecule has 0 aromatic carbocycles. The van der Waals surface area contributed by atoms with Crippen molar-refractivity contribution in [1.29, 1.82) is 0 Å². The lowest BCUT2D eigenvalue weighted by Crippen LogP contribution is -2.01. The standard InChI is InChI=1S/C8H16.C4H6O2/c1-7(2)8-5-3-4-6-8;1-3(2)4(5)6/h7-8H,3-6H2,1-2H3;1H2,2H3,(H,5,6). The maximum Gasteiger partial charge on any atom is 0.330 e. The molecule has 0 spiro atoms. The van der Waals surface area contributed by atoms with Crippen molar-refractivity contribution in [1.82, 2.24) is 0 Å². The topological polar surface area (TPSA) is 37.3 Å². The minimum absolute atomic E-state index is 0.176. The van der Waals surface area contributed by atoms with Gasteiger partial charge in [0.15, 0.2) is 0 Å². The Kier molecular flexibility index (Phi) is 6.26. The molecule has 1 aliphatic carbocycles. The minimum atomic E-state index is -0.935. The summed E-state index contributed by atoms with van der Waals surface area (Å²) in [5.74, 6) is 1.07. The zero-order chi connectivity index (χ0) is 11.1. The maximum atomic E-state index is 9.60. The van der Waals surface area contributed by atoms with Crippen LogP contribution in [0.1, 0.15) is 46.5 Å². The van der Waals surface area contributed by atoms with E-state index in [2.05, 4.69) is 20.4 Å². The molecule has 1 N–H and O–H groups in total. The Labute approximate surface area is 87.0 Å². The van der Waals surface area contributed by atoms with Gasteiger partial charge in [0.1, 0.15) is 0 Å².